The number of aromatic nitrogens is 2. The van der Waals surface area contributed by atoms with Gasteiger partial charge in [-0.2, -0.15) is 10.5 Å². The molecule has 0 radical (unpaired) electrons. The van der Waals surface area contributed by atoms with Crippen molar-refractivity contribution < 1.29 is 0 Å². The van der Waals surface area contributed by atoms with Gasteiger partial charge in [-0.05, 0) is 25.7 Å². The van der Waals surface area contributed by atoms with E-state index in [2.05, 4.69) is 23.8 Å². The summed E-state index contributed by atoms with van der Waals surface area (Å²) in [7, 11) is 0. The van der Waals surface area contributed by atoms with E-state index in [9.17, 15) is 10.5 Å². The van der Waals surface area contributed by atoms with E-state index in [1.807, 2.05) is 12.1 Å². The fourth-order valence-corrected chi connectivity index (χ4v) is 2.85. The normalized spacial score (nSPS) is 10.3. The Bertz CT molecular complexity index is 515. The first kappa shape index (κ1) is 20.1. The highest BCUT2D eigenvalue weighted by Crippen LogP contribution is 2.16. The molecule has 0 N–H and O–H groups in total. The second-order valence-electron chi connectivity index (χ2n) is 6.37. The van der Waals surface area contributed by atoms with Crippen LogP contribution in [0.5, 0.6) is 0 Å². The van der Waals surface area contributed by atoms with E-state index in [0.717, 1.165) is 37.1 Å². The molecular formula is C20H30N4. The topological polar surface area (TPSA) is 73.4 Å². The summed E-state index contributed by atoms with van der Waals surface area (Å²) in [6.07, 6.45) is 13.8. The van der Waals surface area contributed by atoms with E-state index >= 15 is 0 Å². The first-order valence-corrected chi connectivity index (χ1v) is 9.46. The Morgan fingerprint density at radius 3 is 1.33 bits per heavy atom. The summed E-state index contributed by atoms with van der Waals surface area (Å²) in [4.78, 5) is 8.90. The SMILES string of the molecule is CCCCCCCc1nc(C#N)c(C#N)nc1CCCCCCC. The molecule has 0 fully saturated rings. The van der Waals surface area contributed by atoms with Crippen LogP contribution in [0.2, 0.25) is 0 Å². The average Bonchev–Trinajstić information content (AvgIpc) is 2.61. The van der Waals surface area contributed by atoms with Gasteiger partial charge in [-0.1, -0.05) is 65.2 Å². The van der Waals surface area contributed by atoms with Gasteiger partial charge in [-0.3, -0.25) is 0 Å². The van der Waals surface area contributed by atoms with Gasteiger partial charge in [-0.15, -0.1) is 0 Å². The van der Waals surface area contributed by atoms with E-state index in [-0.39, 0.29) is 11.4 Å². The van der Waals surface area contributed by atoms with Gasteiger partial charge in [0.1, 0.15) is 12.1 Å². The molecule has 1 aromatic heterocycles. The van der Waals surface area contributed by atoms with Crippen molar-refractivity contribution in [3.63, 3.8) is 0 Å². The third-order valence-corrected chi connectivity index (χ3v) is 4.30. The summed E-state index contributed by atoms with van der Waals surface area (Å²) in [5.41, 5.74) is 2.21. The van der Waals surface area contributed by atoms with Crippen LogP contribution in [0.25, 0.3) is 0 Å². The lowest BCUT2D eigenvalue weighted by molar-refractivity contribution is 0.610. The molecule has 1 heterocycles. The fraction of sp³-hybridized carbons (Fsp3) is 0.700. The van der Waals surface area contributed by atoms with Gasteiger partial charge < -0.3 is 0 Å². The third-order valence-electron chi connectivity index (χ3n) is 4.30. The van der Waals surface area contributed by atoms with Crippen LogP contribution in [-0.4, -0.2) is 9.97 Å². The van der Waals surface area contributed by atoms with E-state index in [1.54, 1.807) is 0 Å². The summed E-state index contributed by atoms with van der Waals surface area (Å²) in [5, 5.41) is 18.4. The van der Waals surface area contributed by atoms with Crippen molar-refractivity contribution in [1.82, 2.24) is 9.97 Å². The Kier molecular flexibility index (Phi) is 10.5. The predicted molar refractivity (Wildman–Crippen MR) is 96.4 cm³/mol. The minimum absolute atomic E-state index is 0.177. The Hall–Kier alpha value is -1.94. The standard InChI is InChI=1S/C20H30N4/c1-3-5-7-9-11-13-17-18(14-12-10-8-6-4-2)24-20(16-22)19(15-21)23-17/h3-14H2,1-2H3. The summed E-state index contributed by atoms with van der Waals surface area (Å²) < 4.78 is 0. The van der Waals surface area contributed by atoms with Crippen molar-refractivity contribution >= 4 is 0 Å². The molecule has 0 unspecified atom stereocenters. The Morgan fingerprint density at radius 1 is 0.625 bits per heavy atom. The lowest BCUT2D eigenvalue weighted by atomic mass is 10.0. The summed E-state index contributed by atoms with van der Waals surface area (Å²) >= 11 is 0. The average molecular weight is 326 g/mol. The van der Waals surface area contributed by atoms with Crippen LogP contribution in [0.15, 0.2) is 0 Å². The number of hydrogen-bond donors (Lipinski definition) is 0. The van der Waals surface area contributed by atoms with Crippen LogP contribution in [-0.2, 0) is 12.8 Å². The van der Waals surface area contributed by atoms with Crippen molar-refractivity contribution in [2.75, 3.05) is 0 Å². The molecule has 4 nitrogen and oxygen atoms in total. The maximum Gasteiger partial charge on any atom is 0.177 e. The number of aryl methyl sites for hydroxylation is 2. The molecule has 1 rings (SSSR count). The summed E-state index contributed by atoms with van der Waals surface area (Å²) in [6.45, 7) is 4.42. The van der Waals surface area contributed by atoms with E-state index < -0.39 is 0 Å². The molecule has 1 aromatic rings. The summed E-state index contributed by atoms with van der Waals surface area (Å²) in [6, 6.07) is 4.03. The van der Waals surface area contributed by atoms with Crippen molar-refractivity contribution in [2.45, 2.75) is 90.9 Å². The number of nitriles is 2. The number of nitrogens with zero attached hydrogens (tertiary/aromatic N) is 4. The van der Waals surface area contributed by atoms with Crippen LogP contribution in [0.4, 0.5) is 0 Å². The first-order chi connectivity index (χ1) is 11.8. The second-order valence-corrected chi connectivity index (χ2v) is 6.37. The highest BCUT2D eigenvalue weighted by molar-refractivity contribution is 5.37. The zero-order valence-corrected chi connectivity index (χ0v) is 15.3. The number of hydrogen-bond acceptors (Lipinski definition) is 4. The Morgan fingerprint density at radius 2 is 1.00 bits per heavy atom. The Balaban J connectivity index is 2.73. The second kappa shape index (κ2) is 12.5. The minimum Gasteiger partial charge on any atom is -0.237 e. The zero-order chi connectivity index (χ0) is 17.6. The maximum atomic E-state index is 9.18. The molecule has 24 heavy (non-hydrogen) atoms. The molecule has 130 valence electrons. The smallest absolute Gasteiger partial charge is 0.177 e. The zero-order valence-electron chi connectivity index (χ0n) is 15.3. The van der Waals surface area contributed by atoms with Crippen molar-refractivity contribution in [1.29, 1.82) is 10.5 Å². The van der Waals surface area contributed by atoms with Crippen molar-refractivity contribution in [3.8, 4) is 12.1 Å². The summed E-state index contributed by atoms with van der Waals surface area (Å²) in [5.74, 6) is 0. The molecule has 0 saturated carbocycles. The highest BCUT2D eigenvalue weighted by Gasteiger charge is 2.13. The van der Waals surface area contributed by atoms with Gasteiger partial charge in [0.15, 0.2) is 11.4 Å². The van der Waals surface area contributed by atoms with Crippen LogP contribution in [0.1, 0.15) is 101 Å². The van der Waals surface area contributed by atoms with E-state index in [4.69, 9.17) is 0 Å². The maximum absolute atomic E-state index is 9.18. The largest absolute Gasteiger partial charge is 0.237 e. The van der Waals surface area contributed by atoms with Crippen molar-refractivity contribution in [2.24, 2.45) is 0 Å². The molecule has 0 spiro atoms. The quantitative estimate of drug-likeness (QED) is 0.492. The number of unbranched alkanes of at least 4 members (excludes halogenated alkanes) is 8. The van der Waals surface area contributed by atoms with Crippen LogP contribution in [0, 0.1) is 22.7 Å². The van der Waals surface area contributed by atoms with Crippen LogP contribution >= 0.6 is 0 Å². The molecule has 0 amide bonds. The lowest BCUT2D eigenvalue weighted by Gasteiger charge is -2.09. The first-order valence-electron chi connectivity index (χ1n) is 9.46. The van der Waals surface area contributed by atoms with Gasteiger partial charge in [0.2, 0.25) is 0 Å². The molecule has 0 aliphatic rings. The van der Waals surface area contributed by atoms with E-state index in [0.29, 0.717) is 0 Å². The van der Waals surface area contributed by atoms with Crippen LogP contribution < -0.4 is 0 Å². The van der Waals surface area contributed by atoms with Gasteiger partial charge in [0, 0.05) is 0 Å². The molecule has 0 saturated heterocycles. The monoisotopic (exact) mass is 326 g/mol. The molecule has 0 bridgehead atoms. The third kappa shape index (κ3) is 7.09. The minimum atomic E-state index is 0.177. The van der Waals surface area contributed by atoms with Gasteiger partial charge in [0.25, 0.3) is 0 Å². The van der Waals surface area contributed by atoms with Gasteiger partial charge in [-0.25, -0.2) is 9.97 Å². The van der Waals surface area contributed by atoms with Gasteiger partial charge >= 0.3 is 0 Å². The van der Waals surface area contributed by atoms with E-state index in [1.165, 1.54) is 51.4 Å². The Labute approximate surface area is 146 Å². The highest BCUT2D eigenvalue weighted by atomic mass is 14.8. The molecule has 0 atom stereocenters. The number of rotatable bonds is 12. The molecule has 4 heteroatoms. The van der Waals surface area contributed by atoms with Crippen molar-refractivity contribution in [3.05, 3.63) is 22.8 Å². The predicted octanol–water partition coefficient (Wildman–Crippen LogP) is 5.25. The van der Waals surface area contributed by atoms with Crippen LogP contribution in [0.3, 0.4) is 0 Å². The molecule has 0 aliphatic carbocycles. The fourth-order valence-electron chi connectivity index (χ4n) is 2.85. The lowest BCUT2D eigenvalue weighted by Crippen LogP contribution is -2.07. The molecule has 0 aliphatic heterocycles. The molecular weight excluding hydrogens is 296 g/mol. The van der Waals surface area contributed by atoms with Gasteiger partial charge in [0.05, 0.1) is 11.4 Å². The molecule has 0 aromatic carbocycles.